The monoisotopic (exact) mass is 407 g/mol. The van der Waals surface area contributed by atoms with Crippen molar-refractivity contribution in [3.05, 3.63) is 17.2 Å². The molecule has 28 heavy (non-hydrogen) atoms. The number of carbonyl (C=O) groups excluding carboxylic acids is 2. The second-order valence-electron chi connectivity index (χ2n) is 7.29. The summed E-state index contributed by atoms with van der Waals surface area (Å²) in [5, 5.41) is 16.0. The van der Waals surface area contributed by atoms with Gasteiger partial charge in [0.25, 0.3) is 0 Å². The van der Waals surface area contributed by atoms with Crippen molar-refractivity contribution in [1.29, 1.82) is 0 Å². The Morgan fingerprint density at radius 2 is 1.89 bits per heavy atom. The van der Waals surface area contributed by atoms with Gasteiger partial charge in [0.1, 0.15) is 5.82 Å². The zero-order valence-corrected chi connectivity index (χ0v) is 18.1. The molecule has 3 N–H and O–H groups in total. The minimum absolute atomic E-state index is 0.123. The Kier molecular flexibility index (Phi) is 7.22. The molecule has 0 saturated carbocycles. The van der Waals surface area contributed by atoms with Crippen LogP contribution in [-0.4, -0.2) is 41.6 Å². The molecule has 0 unspecified atom stereocenters. The summed E-state index contributed by atoms with van der Waals surface area (Å²) >= 11 is 1.35. The first-order valence-corrected chi connectivity index (χ1v) is 10.2. The Hall–Kier alpha value is -2.36. The highest BCUT2D eigenvalue weighted by molar-refractivity contribution is 8.00. The highest BCUT2D eigenvalue weighted by Gasteiger charge is 2.22. The van der Waals surface area contributed by atoms with Crippen molar-refractivity contribution < 1.29 is 9.59 Å². The number of aromatic nitrogens is 5. The fraction of sp³-hybridized carbons (Fsp3) is 0.611. The Labute approximate surface area is 169 Å². The van der Waals surface area contributed by atoms with Crippen molar-refractivity contribution in [2.24, 2.45) is 18.7 Å². The second kappa shape index (κ2) is 9.22. The molecule has 2 aromatic heterocycles. The molecule has 0 spiro atoms. The average Bonchev–Trinajstić information content (AvgIpc) is 3.07. The van der Waals surface area contributed by atoms with Crippen LogP contribution < -0.4 is 11.1 Å². The maximum absolute atomic E-state index is 12.7. The van der Waals surface area contributed by atoms with Crippen LogP contribution >= 0.6 is 11.8 Å². The maximum atomic E-state index is 12.7. The second-order valence-corrected chi connectivity index (χ2v) is 8.60. The third kappa shape index (κ3) is 5.34. The van der Waals surface area contributed by atoms with Gasteiger partial charge in [-0.05, 0) is 26.7 Å². The number of amides is 2. The number of carbonyl (C=O) groups is 2. The molecule has 0 aliphatic carbocycles. The van der Waals surface area contributed by atoms with E-state index in [0.29, 0.717) is 29.9 Å². The van der Waals surface area contributed by atoms with Gasteiger partial charge < -0.3 is 15.6 Å². The van der Waals surface area contributed by atoms with E-state index in [1.54, 1.807) is 4.68 Å². The predicted octanol–water partition coefficient (Wildman–Crippen LogP) is 1.82. The number of nitrogens with two attached hydrogens (primary N) is 1. The minimum atomic E-state index is -0.377. The van der Waals surface area contributed by atoms with E-state index in [2.05, 4.69) is 34.5 Å². The number of hydrogen-bond acceptors (Lipinski definition) is 6. The number of primary amides is 1. The van der Waals surface area contributed by atoms with Crippen LogP contribution in [0.4, 0.5) is 5.69 Å². The molecule has 0 radical (unpaired) electrons. The summed E-state index contributed by atoms with van der Waals surface area (Å²) in [5.74, 6) is 0.583. The Morgan fingerprint density at radius 3 is 2.43 bits per heavy atom. The molecule has 0 aromatic carbocycles. The van der Waals surface area contributed by atoms with Gasteiger partial charge in [0.15, 0.2) is 5.16 Å². The number of anilines is 1. The largest absolute Gasteiger partial charge is 0.370 e. The molecule has 0 bridgehead atoms. The molecular formula is C18H29N7O2S. The average molecular weight is 408 g/mol. The van der Waals surface area contributed by atoms with Crippen LogP contribution in [0, 0.1) is 19.8 Å². The summed E-state index contributed by atoms with van der Waals surface area (Å²) in [6, 6.07) is 0. The zero-order valence-electron chi connectivity index (χ0n) is 17.3. The lowest BCUT2D eigenvalue weighted by molar-refractivity contribution is -0.118. The van der Waals surface area contributed by atoms with E-state index in [1.807, 2.05) is 32.4 Å². The fourth-order valence-corrected chi connectivity index (χ4v) is 3.64. The molecule has 2 amide bonds. The van der Waals surface area contributed by atoms with Gasteiger partial charge in [-0.3, -0.25) is 14.3 Å². The lowest BCUT2D eigenvalue weighted by Gasteiger charge is -2.15. The first kappa shape index (κ1) is 21.9. The lowest BCUT2D eigenvalue weighted by Crippen LogP contribution is -2.24. The first-order chi connectivity index (χ1) is 13.1. The van der Waals surface area contributed by atoms with Crippen molar-refractivity contribution in [3.8, 4) is 0 Å². The number of aryl methyl sites for hydroxylation is 3. The SMILES string of the molecule is Cc1nn(C)c(C)c1NC(=O)[C@@H](C)Sc1nnc(CCC(N)=O)n1CC(C)C. The summed E-state index contributed by atoms with van der Waals surface area (Å²) in [6.45, 7) is 10.5. The summed E-state index contributed by atoms with van der Waals surface area (Å²) < 4.78 is 3.72. The molecule has 1 atom stereocenters. The highest BCUT2D eigenvalue weighted by atomic mass is 32.2. The maximum Gasteiger partial charge on any atom is 0.237 e. The van der Waals surface area contributed by atoms with Crippen LogP contribution in [-0.2, 0) is 29.6 Å². The number of nitrogens with one attached hydrogen (secondary N) is 1. The molecule has 0 saturated heterocycles. The fourth-order valence-electron chi connectivity index (χ4n) is 2.77. The number of rotatable bonds is 9. The first-order valence-electron chi connectivity index (χ1n) is 9.28. The van der Waals surface area contributed by atoms with E-state index in [9.17, 15) is 9.59 Å². The van der Waals surface area contributed by atoms with Crippen LogP contribution in [0.15, 0.2) is 5.16 Å². The van der Waals surface area contributed by atoms with Crippen molar-refractivity contribution in [2.45, 2.75) is 64.4 Å². The summed E-state index contributed by atoms with van der Waals surface area (Å²) in [5.41, 5.74) is 7.68. The lowest BCUT2D eigenvalue weighted by atomic mass is 10.2. The molecule has 2 heterocycles. The summed E-state index contributed by atoms with van der Waals surface area (Å²) in [6.07, 6.45) is 0.654. The number of nitrogens with zero attached hydrogens (tertiary/aromatic N) is 5. The van der Waals surface area contributed by atoms with Gasteiger partial charge in [-0.1, -0.05) is 25.6 Å². The third-order valence-corrected chi connectivity index (χ3v) is 5.43. The van der Waals surface area contributed by atoms with E-state index >= 15 is 0 Å². The van der Waals surface area contributed by atoms with E-state index < -0.39 is 0 Å². The number of thioether (sulfide) groups is 1. The van der Waals surface area contributed by atoms with Crippen molar-refractivity contribution in [3.63, 3.8) is 0 Å². The molecule has 0 fully saturated rings. The molecule has 2 aromatic rings. The number of hydrogen-bond donors (Lipinski definition) is 2. The molecule has 10 heteroatoms. The Balaban J connectivity index is 2.14. The van der Waals surface area contributed by atoms with Gasteiger partial charge >= 0.3 is 0 Å². The Morgan fingerprint density at radius 1 is 1.21 bits per heavy atom. The quantitative estimate of drug-likeness (QED) is 0.612. The van der Waals surface area contributed by atoms with Gasteiger partial charge in [0.2, 0.25) is 11.8 Å². The predicted molar refractivity (Wildman–Crippen MR) is 109 cm³/mol. The molecule has 154 valence electrons. The van der Waals surface area contributed by atoms with E-state index in [-0.39, 0.29) is 23.5 Å². The summed E-state index contributed by atoms with van der Waals surface area (Å²) in [4.78, 5) is 23.8. The standard InChI is InChI=1S/C18H29N7O2S/c1-10(2)9-25-15(8-7-14(19)26)21-22-18(25)28-13(5)17(27)20-16-11(3)23-24(6)12(16)4/h10,13H,7-9H2,1-6H3,(H2,19,26)(H,20,27)/t13-/m1/s1. The van der Waals surface area contributed by atoms with Crippen molar-refractivity contribution in [2.75, 3.05) is 5.32 Å². The van der Waals surface area contributed by atoms with Gasteiger partial charge in [0, 0.05) is 26.4 Å². The van der Waals surface area contributed by atoms with Crippen LogP contribution in [0.2, 0.25) is 0 Å². The van der Waals surface area contributed by atoms with Gasteiger partial charge in [-0.15, -0.1) is 10.2 Å². The normalized spacial score (nSPS) is 12.4. The van der Waals surface area contributed by atoms with Crippen LogP contribution in [0.1, 0.15) is 44.4 Å². The molecule has 0 aliphatic rings. The van der Waals surface area contributed by atoms with E-state index in [1.165, 1.54) is 11.8 Å². The van der Waals surface area contributed by atoms with Crippen LogP contribution in [0.3, 0.4) is 0 Å². The van der Waals surface area contributed by atoms with E-state index in [0.717, 1.165) is 17.1 Å². The van der Waals surface area contributed by atoms with Crippen molar-refractivity contribution in [1.82, 2.24) is 24.5 Å². The highest BCUT2D eigenvalue weighted by Crippen LogP contribution is 2.26. The topological polar surface area (TPSA) is 121 Å². The van der Waals surface area contributed by atoms with Gasteiger partial charge in [-0.25, -0.2) is 0 Å². The summed E-state index contributed by atoms with van der Waals surface area (Å²) in [7, 11) is 1.85. The van der Waals surface area contributed by atoms with Gasteiger partial charge in [-0.2, -0.15) is 5.10 Å². The third-order valence-electron chi connectivity index (χ3n) is 4.34. The van der Waals surface area contributed by atoms with Crippen LogP contribution in [0.25, 0.3) is 0 Å². The zero-order chi connectivity index (χ0) is 21.0. The minimum Gasteiger partial charge on any atom is -0.370 e. The molecule has 0 aliphatic heterocycles. The van der Waals surface area contributed by atoms with Crippen molar-refractivity contribution >= 4 is 29.3 Å². The smallest absolute Gasteiger partial charge is 0.237 e. The molecule has 2 rings (SSSR count). The van der Waals surface area contributed by atoms with E-state index in [4.69, 9.17) is 5.73 Å². The van der Waals surface area contributed by atoms with Crippen LogP contribution in [0.5, 0.6) is 0 Å². The molecular weight excluding hydrogens is 378 g/mol. The Bertz CT molecular complexity index is 856. The molecule has 9 nitrogen and oxygen atoms in total. The van der Waals surface area contributed by atoms with Gasteiger partial charge in [0.05, 0.1) is 22.3 Å².